The van der Waals surface area contributed by atoms with Crippen molar-refractivity contribution >= 4 is 11.9 Å². The highest BCUT2D eigenvalue weighted by atomic mass is 19.3. The van der Waals surface area contributed by atoms with Crippen LogP contribution in [0.1, 0.15) is 28.4 Å². The van der Waals surface area contributed by atoms with Crippen LogP contribution >= 0.6 is 0 Å². The van der Waals surface area contributed by atoms with E-state index in [-0.39, 0.29) is 23.7 Å². The number of hydrogen-bond acceptors (Lipinski definition) is 4. The van der Waals surface area contributed by atoms with Crippen molar-refractivity contribution in [2.75, 3.05) is 6.61 Å². The van der Waals surface area contributed by atoms with Gasteiger partial charge in [-0.1, -0.05) is 30.3 Å². The van der Waals surface area contributed by atoms with Crippen LogP contribution in [0.4, 0.5) is 8.78 Å². The Morgan fingerprint density at radius 3 is 2.58 bits per heavy atom. The summed E-state index contributed by atoms with van der Waals surface area (Å²) < 4.78 is 34.6. The monoisotopic (exact) mass is 357 g/mol. The molecule has 0 unspecified atom stereocenters. The van der Waals surface area contributed by atoms with Gasteiger partial charge >= 0.3 is 6.61 Å². The van der Waals surface area contributed by atoms with Gasteiger partial charge in [0.15, 0.2) is 11.5 Å². The average Bonchev–Trinajstić information content (AvgIpc) is 2.61. The zero-order valence-corrected chi connectivity index (χ0v) is 14.3. The van der Waals surface area contributed by atoms with E-state index in [4.69, 9.17) is 4.74 Å². The SMILES string of the molecule is CCOc1cc(/C=C(\C#N)C(=O)c2ccccc2C)ccc1OC(F)F. The number of carbonyl (C=O) groups excluding carboxylic acids is 1. The topological polar surface area (TPSA) is 59.3 Å². The number of benzene rings is 2. The first kappa shape index (κ1) is 19.1. The highest BCUT2D eigenvalue weighted by molar-refractivity contribution is 6.14. The van der Waals surface area contributed by atoms with Gasteiger partial charge in [-0.3, -0.25) is 4.79 Å². The first-order valence-electron chi connectivity index (χ1n) is 7.90. The van der Waals surface area contributed by atoms with Gasteiger partial charge in [0.1, 0.15) is 11.6 Å². The van der Waals surface area contributed by atoms with Crippen molar-refractivity contribution in [2.45, 2.75) is 20.5 Å². The predicted molar refractivity (Wildman–Crippen MR) is 93.3 cm³/mol. The summed E-state index contributed by atoms with van der Waals surface area (Å²) in [6.45, 7) is 0.760. The number of allylic oxidation sites excluding steroid dienone is 1. The van der Waals surface area contributed by atoms with Gasteiger partial charge in [-0.2, -0.15) is 14.0 Å². The van der Waals surface area contributed by atoms with Crippen molar-refractivity contribution in [3.05, 3.63) is 64.7 Å². The van der Waals surface area contributed by atoms with Gasteiger partial charge in [0, 0.05) is 5.56 Å². The van der Waals surface area contributed by atoms with Gasteiger partial charge in [-0.15, -0.1) is 0 Å². The van der Waals surface area contributed by atoms with E-state index < -0.39 is 12.4 Å². The Morgan fingerprint density at radius 2 is 1.96 bits per heavy atom. The summed E-state index contributed by atoms with van der Waals surface area (Å²) in [6, 6.07) is 13.1. The lowest BCUT2D eigenvalue weighted by molar-refractivity contribution is -0.0514. The Balaban J connectivity index is 2.39. The molecule has 0 aliphatic heterocycles. The zero-order chi connectivity index (χ0) is 19.1. The summed E-state index contributed by atoms with van der Waals surface area (Å²) in [5.74, 6) is -0.401. The lowest BCUT2D eigenvalue weighted by atomic mass is 9.98. The molecule has 0 heterocycles. The van der Waals surface area contributed by atoms with Crippen molar-refractivity contribution in [2.24, 2.45) is 0 Å². The number of carbonyl (C=O) groups is 1. The minimum Gasteiger partial charge on any atom is -0.490 e. The van der Waals surface area contributed by atoms with Gasteiger partial charge in [-0.05, 0) is 43.2 Å². The number of hydrogen-bond donors (Lipinski definition) is 0. The first-order chi connectivity index (χ1) is 12.5. The molecule has 0 bridgehead atoms. The molecule has 0 amide bonds. The van der Waals surface area contributed by atoms with Crippen molar-refractivity contribution < 1.29 is 23.0 Å². The van der Waals surface area contributed by atoms with Gasteiger partial charge in [0.2, 0.25) is 5.78 Å². The highest BCUT2D eigenvalue weighted by Crippen LogP contribution is 2.31. The van der Waals surface area contributed by atoms with E-state index in [1.54, 1.807) is 38.1 Å². The predicted octanol–water partition coefficient (Wildman–Crippen LogP) is 4.79. The van der Waals surface area contributed by atoms with Crippen LogP contribution in [0.5, 0.6) is 11.5 Å². The van der Waals surface area contributed by atoms with Crippen molar-refractivity contribution in [3.63, 3.8) is 0 Å². The van der Waals surface area contributed by atoms with Crippen LogP contribution < -0.4 is 9.47 Å². The summed E-state index contributed by atoms with van der Waals surface area (Å²) in [7, 11) is 0. The number of aryl methyl sites for hydroxylation is 1. The summed E-state index contributed by atoms with van der Waals surface area (Å²) >= 11 is 0. The maximum Gasteiger partial charge on any atom is 0.387 e. The molecule has 0 saturated heterocycles. The standard InChI is InChI=1S/C20H17F2NO3/c1-3-25-18-11-14(8-9-17(18)26-20(21)22)10-15(12-23)19(24)16-7-5-4-6-13(16)2/h4-11,20H,3H2,1-2H3/b15-10+. The molecule has 0 atom stereocenters. The molecule has 26 heavy (non-hydrogen) atoms. The molecule has 0 spiro atoms. The molecule has 0 aromatic heterocycles. The van der Waals surface area contributed by atoms with Gasteiger partial charge in [-0.25, -0.2) is 0 Å². The summed E-state index contributed by atoms with van der Waals surface area (Å²) in [5.41, 5.74) is 1.59. The van der Waals surface area contributed by atoms with Crippen LogP contribution in [0.15, 0.2) is 48.0 Å². The molecule has 4 nitrogen and oxygen atoms in total. The maximum atomic E-state index is 12.6. The summed E-state index contributed by atoms with van der Waals surface area (Å²) in [6.07, 6.45) is 1.39. The smallest absolute Gasteiger partial charge is 0.387 e. The third-order valence-electron chi connectivity index (χ3n) is 3.55. The van der Waals surface area contributed by atoms with Crippen LogP contribution in [-0.4, -0.2) is 19.0 Å². The summed E-state index contributed by atoms with van der Waals surface area (Å²) in [4.78, 5) is 12.6. The Morgan fingerprint density at radius 1 is 1.23 bits per heavy atom. The minimum atomic E-state index is -2.98. The Bertz CT molecular complexity index is 870. The number of rotatable bonds is 7. The van der Waals surface area contributed by atoms with Crippen LogP contribution in [0.3, 0.4) is 0 Å². The van der Waals surface area contributed by atoms with E-state index in [0.29, 0.717) is 11.1 Å². The van der Waals surface area contributed by atoms with E-state index in [1.165, 1.54) is 24.3 Å². The highest BCUT2D eigenvalue weighted by Gasteiger charge is 2.15. The number of nitrogens with zero attached hydrogens (tertiary/aromatic N) is 1. The number of ether oxygens (including phenoxy) is 2. The Labute approximate surface area is 150 Å². The lowest BCUT2D eigenvalue weighted by Crippen LogP contribution is -2.05. The second-order valence-corrected chi connectivity index (χ2v) is 5.33. The molecule has 0 radical (unpaired) electrons. The molecule has 6 heteroatoms. The van der Waals surface area contributed by atoms with Crippen LogP contribution in [0, 0.1) is 18.3 Å². The largest absolute Gasteiger partial charge is 0.490 e. The Hall–Kier alpha value is -3.20. The van der Waals surface area contributed by atoms with Crippen LogP contribution in [0.25, 0.3) is 6.08 Å². The molecule has 2 rings (SSSR count). The number of alkyl halides is 2. The third-order valence-corrected chi connectivity index (χ3v) is 3.55. The number of halogens is 2. The second-order valence-electron chi connectivity index (χ2n) is 5.33. The van der Waals surface area contributed by atoms with Crippen LogP contribution in [0.2, 0.25) is 0 Å². The molecule has 0 N–H and O–H groups in total. The molecule has 0 aliphatic rings. The van der Waals surface area contributed by atoms with Crippen molar-refractivity contribution in [1.82, 2.24) is 0 Å². The van der Waals surface area contributed by atoms with Gasteiger partial charge in [0.05, 0.1) is 6.61 Å². The van der Waals surface area contributed by atoms with Crippen molar-refractivity contribution in [1.29, 1.82) is 5.26 Å². The van der Waals surface area contributed by atoms with E-state index in [2.05, 4.69) is 4.74 Å². The van der Waals surface area contributed by atoms with Gasteiger partial charge in [0.25, 0.3) is 0 Å². The molecule has 0 aliphatic carbocycles. The number of nitriles is 1. The zero-order valence-electron chi connectivity index (χ0n) is 14.3. The Kier molecular flexibility index (Phi) is 6.45. The summed E-state index contributed by atoms with van der Waals surface area (Å²) in [5, 5.41) is 9.36. The van der Waals surface area contributed by atoms with E-state index in [0.717, 1.165) is 5.56 Å². The number of ketones is 1. The quantitative estimate of drug-likeness (QED) is 0.406. The fourth-order valence-corrected chi connectivity index (χ4v) is 2.36. The second kappa shape index (κ2) is 8.77. The molecule has 2 aromatic carbocycles. The average molecular weight is 357 g/mol. The van der Waals surface area contributed by atoms with E-state index in [1.807, 2.05) is 6.07 Å². The van der Waals surface area contributed by atoms with E-state index in [9.17, 15) is 18.8 Å². The molecule has 2 aromatic rings. The van der Waals surface area contributed by atoms with Crippen molar-refractivity contribution in [3.8, 4) is 17.6 Å². The molecule has 0 saturated carbocycles. The maximum absolute atomic E-state index is 12.6. The third kappa shape index (κ3) is 4.67. The van der Waals surface area contributed by atoms with E-state index >= 15 is 0 Å². The fraction of sp³-hybridized carbons (Fsp3) is 0.200. The first-order valence-corrected chi connectivity index (χ1v) is 7.90. The van der Waals surface area contributed by atoms with Crippen LogP contribution in [-0.2, 0) is 0 Å². The normalized spacial score (nSPS) is 11.2. The lowest BCUT2D eigenvalue weighted by Gasteiger charge is -2.12. The minimum absolute atomic E-state index is 0.0655. The molecular formula is C20H17F2NO3. The molecular weight excluding hydrogens is 340 g/mol. The van der Waals surface area contributed by atoms with Gasteiger partial charge < -0.3 is 9.47 Å². The molecule has 0 fully saturated rings. The number of Topliss-reactive ketones (excluding diaryl/α,β-unsaturated/α-hetero) is 1. The molecule has 134 valence electrons. The fourth-order valence-electron chi connectivity index (χ4n) is 2.36.